The van der Waals surface area contributed by atoms with E-state index in [1.54, 1.807) is 18.2 Å². The Morgan fingerprint density at radius 1 is 0.968 bits per heavy atom. The minimum atomic E-state index is -0.346. The number of anilines is 2. The van der Waals surface area contributed by atoms with Crippen molar-refractivity contribution in [2.24, 2.45) is 0 Å². The quantitative estimate of drug-likeness (QED) is 0.331. The van der Waals surface area contributed by atoms with Crippen LogP contribution in [0.1, 0.15) is 29.2 Å². The fourth-order valence-corrected chi connectivity index (χ4v) is 4.46. The molecule has 0 saturated heterocycles. The third kappa shape index (κ3) is 6.60. The maximum atomic E-state index is 12.6. The molecule has 0 aliphatic carbocycles. The lowest BCUT2D eigenvalue weighted by Crippen LogP contribution is -2.13. The molecular weight excluding hydrogens is 460 g/mol. The molecule has 2 N–H and O–H groups in total. The van der Waals surface area contributed by atoms with Crippen molar-refractivity contribution in [1.82, 2.24) is 20.4 Å². The molecule has 2 aromatic heterocycles. The lowest BCUT2D eigenvalue weighted by molar-refractivity contribution is -0.113. The Morgan fingerprint density at radius 2 is 1.68 bits per heavy atom. The van der Waals surface area contributed by atoms with Crippen molar-refractivity contribution in [3.8, 4) is 11.5 Å². The summed E-state index contributed by atoms with van der Waals surface area (Å²) in [5.41, 5.74) is 0.406. The van der Waals surface area contributed by atoms with Gasteiger partial charge in [-0.15, -0.1) is 20.4 Å². The Balaban J connectivity index is 1.55. The maximum Gasteiger partial charge on any atom is 0.257 e. The van der Waals surface area contributed by atoms with Crippen LogP contribution >= 0.6 is 34.4 Å². The second-order valence-electron chi connectivity index (χ2n) is 5.82. The number of hydrogen-bond acceptors (Lipinski definition) is 11. The van der Waals surface area contributed by atoms with E-state index in [4.69, 9.17) is 9.47 Å². The molecular formula is C18H20N6O4S3. The zero-order chi connectivity index (χ0) is 22.2. The number of carbonyl (C=O) groups excluding carboxylic acids is 2. The average Bonchev–Trinajstić information content (AvgIpc) is 3.36. The SMILES string of the molecule is CCOc1ccc(C(=O)Nc2nnc(SCC(=O)Nc3nnc(C)s3)s2)cc1OCC. The van der Waals surface area contributed by atoms with Crippen LogP contribution in [0.15, 0.2) is 22.5 Å². The number of nitrogens with one attached hydrogen (secondary N) is 2. The average molecular weight is 481 g/mol. The monoisotopic (exact) mass is 480 g/mol. The van der Waals surface area contributed by atoms with E-state index in [0.717, 1.165) is 5.01 Å². The van der Waals surface area contributed by atoms with Crippen LogP contribution in [0.5, 0.6) is 11.5 Å². The van der Waals surface area contributed by atoms with Crippen molar-refractivity contribution in [2.45, 2.75) is 25.1 Å². The summed E-state index contributed by atoms with van der Waals surface area (Å²) in [7, 11) is 0. The van der Waals surface area contributed by atoms with Crippen LogP contribution in [0.3, 0.4) is 0 Å². The molecule has 2 amide bonds. The highest BCUT2D eigenvalue weighted by molar-refractivity contribution is 8.01. The summed E-state index contributed by atoms with van der Waals surface area (Å²) in [6.45, 7) is 6.49. The fourth-order valence-electron chi connectivity index (χ4n) is 2.31. The van der Waals surface area contributed by atoms with Crippen molar-refractivity contribution in [3.05, 3.63) is 28.8 Å². The molecule has 3 rings (SSSR count). The number of rotatable bonds is 10. The van der Waals surface area contributed by atoms with E-state index in [1.165, 1.54) is 34.4 Å². The van der Waals surface area contributed by atoms with Crippen LogP contribution in [0.4, 0.5) is 10.3 Å². The highest BCUT2D eigenvalue weighted by atomic mass is 32.2. The summed E-state index contributed by atoms with van der Waals surface area (Å²) < 4.78 is 11.6. The second-order valence-corrected chi connectivity index (χ2v) is 9.20. The Morgan fingerprint density at radius 3 is 2.39 bits per heavy atom. The number of carbonyl (C=O) groups is 2. The van der Waals surface area contributed by atoms with Gasteiger partial charge >= 0.3 is 0 Å². The van der Waals surface area contributed by atoms with Gasteiger partial charge in [-0.1, -0.05) is 34.4 Å². The molecule has 0 bridgehead atoms. The molecule has 0 aliphatic rings. The third-order valence-corrected chi connectivity index (χ3v) is 6.26. The van der Waals surface area contributed by atoms with Gasteiger partial charge in [0.15, 0.2) is 15.8 Å². The molecule has 0 atom stereocenters. The van der Waals surface area contributed by atoms with E-state index in [9.17, 15) is 9.59 Å². The van der Waals surface area contributed by atoms with Crippen LogP contribution in [-0.4, -0.2) is 51.2 Å². The first kappa shape index (κ1) is 22.9. The molecule has 0 fully saturated rings. The van der Waals surface area contributed by atoms with Crippen LogP contribution in [0, 0.1) is 6.92 Å². The van der Waals surface area contributed by atoms with Crippen LogP contribution in [-0.2, 0) is 4.79 Å². The number of hydrogen-bond donors (Lipinski definition) is 2. The third-order valence-electron chi connectivity index (χ3n) is 3.53. The Bertz CT molecular complexity index is 1050. The summed E-state index contributed by atoms with van der Waals surface area (Å²) in [4.78, 5) is 24.6. The molecule has 2 heterocycles. The lowest BCUT2D eigenvalue weighted by Gasteiger charge is -2.12. The molecule has 1 aromatic carbocycles. The Hall–Kier alpha value is -2.77. The van der Waals surface area contributed by atoms with Crippen LogP contribution < -0.4 is 20.1 Å². The first-order valence-electron chi connectivity index (χ1n) is 9.25. The highest BCUT2D eigenvalue weighted by Gasteiger charge is 2.15. The number of amides is 2. The zero-order valence-corrected chi connectivity index (χ0v) is 19.4. The molecule has 0 unspecified atom stereocenters. The summed E-state index contributed by atoms with van der Waals surface area (Å²) in [5, 5.41) is 22.6. The zero-order valence-electron chi connectivity index (χ0n) is 17.0. The number of ether oxygens (including phenoxy) is 2. The standard InChI is InChI=1S/C18H20N6O4S3/c1-4-27-12-7-6-11(8-13(12)28-5-2)15(26)20-17-23-24-18(31-17)29-9-14(25)19-16-22-21-10(3)30-16/h6-8H,4-5,9H2,1-3H3,(H,19,22,25)(H,20,23,26). The summed E-state index contributed by atoms with van der Waals surface area (Å²) >= 11 is 3.70. The van der Waals surface area contributed by atoms with Crippen LogP contribution in [0.25, 0.3) is 0 Å². The lowest BCUT2D eigenvalue weighted by atomic mass is 10.2. The molecule has 3 aromatic rings. The van der Waals surface area contributed by atoms with Gasteiger partial charge in [0, 0.05) is 5.56 Å². The molecule has 0 aliphatic heterocycles. The fraction of sp³-hybridized carbons (Fsp3) is 0.333. The number of aromatic nitrogens is 4. The molecule has 31 heavy (non-hydrogen) atoms. The number of aryl methyl sites for hydroxylation is 1. The Kier molecular flexibility index (Phi) is 8.14. The van der Waals surface area contributed by atoms with Gasteiger partial charge in [-0.3, -0.25) is 20.2 Å². The van der Waals surface area contributed by atoms with Crippen molar-refractivity contribution in [1.29, 1.82) is 0 Å². The maximum absolute atomic E-state index is 12.6. The van der Waals surface area contributed by atoms with Gasteiger partial charge in [0.05, 0.1) is 19.0 Å². The summed E-state index contributed by atoms with van der Waals surface area (Å²) in [5.74, 6) is 0.651. The molecule has 10 nitrogen and oxygen atoms in total. The van der Waals surface area contributed by atoms with Gasteiger partial charge in [-0.2, -0.15) is 0 Å². The first-order chi connectivity index (χ1) is 15.0. The van der Waals surface area contributed by atoms with Gasteiger partial charge in [-0.05, 0) is 39.0 Å². The van der Waals surface area contributed by atoms with Crippen molar-refractivity contribution >= 4 is 56.5 Å². The minimum Gasteiger partial charge on any atom is -0.490 e. The summed E-state index contributed by atoms with van der Waals surface area (Å²) in [6, 6.07) is 4.97. The van der Waals surface area contributed by atoms with Gasteiger partial charge in [0.1, 0.15) is 5.01 Å². The highest BCUT2D eigenvalue weighted by Crippen LogP contribution is 2.30. The number of nitrogens with zero attached hydrogens (tertiary/aromatic N) is 4. The number of benzene rings is 1. The van der Waals surface area contributed by atoms with Gasteiger partial charge in [0.2, 0.25) is 16.2 Å². The van der Waals surface area contributed by atoms with E-state index in [-0.39, 0.29) is 17.6 Å². The van der Waals surface area contributed by atoms with Crippen molar-refractivity contribution in [3.63, 3.8) is 0 Å². The van der Waals surface area contributed by atoms with Crippen molar-refractivity contribution < 1.29 is 19.1 Å². The van der Waals surface area contributed by atoms with Gasteiger partial charge in [-0.25, -0.2) is 0 Å². The topological polar surface area (TPSA) is 128 Å². The van der Waals surface area contributed by atoms with Crippen LogP contribution in [0.2, 0.25) is 0 Å². The largest absolute Gasteiger partial charge is 0.490 e. The van der Waals surface area contributed by atoms with Crippen molar-refractivity contribution in [2.75, 3.05) is 29.6 Å². The first-order valence-corrected chi connectivity index (χ1v) is 11.9. The Labute approximate surface area is 190 Å². The molecule has 164 valence electrons. The van der Waals surface area contributed by atoms with E-state index < -0.39 is 0 Å². The summed E-state index contributed by atoms with van der Waals surface area (Å²) in [6.07, 6.45) is 0. The van der Waals surface area contributed by atoms with E-state index in [1.807, 2.05) is 20.8 Å². The number of thioether (sulfide) groups is 1. The van der Waals surface area contributed by atoms with E-state index >= 15 is 0 Å². The predicted molar refractivity (Wildman–Crippen MR) is 121 cm³/mol. The van der Waals surface area contributed by atoms with Gasteiger partial charge in [0.25, 0.3) is 5.91 Å². The normalized spacial score (nSPS) is 10.5. The molecule has 0 spiro atoms. The van der Waals surface area contributed by atoms with E-state index in [0.29, 0.717) is 44.9 Å². The molecule has 0 saturated carbocycles. The molecule has 13 heteroatoms. The molecule has 0 radical (unpaired) electrons. The second kappa shape index (κ2) is 11.0. The minimum absolute atomic E-state index is 0.137. The predicted octanol–water partition coefficient (Wildman–Crippen LogP) is 3.48. The van der Waals surface area contributed by atoms with E-state index in [2.05, 4.69) is 31.0 Å². The van der Waals surface area contributed by atoms with Gasteiger partial charge < -0.3 is 9.47 Å². The smallest absolute Gasteiger partial charge is 0.257 e.